The van der Waals surface area contributed by atoms with E-state index in [-0.39, 0.29) is 0 Å². The summed E-state index contributed by atoms with van der Waals surface area (Å²) in [4.78, 5) is 0. The molecular weight excluding hydrogens is 179 g/mol. The monoisotopic (exact) mass is 181 g/mol. The molecule has 8 heteroatoms. The van der Waals surface area contributed by atoms with E-state index in [0.29, 0.717) is 0 Å². The van der Waals surface area contributed by atoms with Gasteiger partial charge >= 0.3 is 33.9 Å². The number of hydrogen-bond acceptors (Lipinski definition) is 4. The first-order valence-corrected chi connectivity index (χ1v) is 3.60. The van der Waals surface area contributed by atoms with Crippen molar-refractivity contribution in [2.24, 2.45) is 0 Å². The molecule has 0 aliphatic carbocycles. The van der Waals surface area contributed by atoms with Crippen molar-refractivity contribution in [3.63, 3.8) is 0 Å². The van der Waals surface area contributed by atoms with Gasteiger partial charge in [-0.25, -0.2) is 0 Å². The van der Waals surface area contributed by atoms with Crippen LogP contribution in [-0.2, 0) is 33.9 Å². The van der Waals surface area contributed by atoms with Gasteiger partial charge in [-0.15, -0.1) is 0 Å². The molecular formula is H2O6SV. The Morgan fingerprint density at radius 2 is 1.12 bits per heavy atom. The van der Waals surface area contributed by atoms with Crippen molar-refractivity contribution in [1.29, 1.82) is 0 Å². The molecule has 0 rings (SSSR count). The van der Waals surface area contributed by atoms with Crippen molar-refractivity contribution in [3.8, 4) is 0 Å². The van der Waals surface area contributed by atoms with Crippen molar-refractivity contribution < 1.29 is 41.1 Å². The molecule has 0 amide bonds. The second-order valence-electron chi connectivity index (χ2n) is 0.522. The second-order valence-corrected chi connectivity index (χ2v) is 1.65. The summed E-state index contributed by atoms with van der Waals surface area (Å²) in [6, 6.07) is 0. The summed E-state index contributed by atoms with van der Waals surface area (Å²) in [5.74, 6) is 0. The summed E-state index contributed by atoms with van der Waals surface area (Å²) in [5, 5.41) is 0. The van der Waals surface area contributed by atoms with E-state index in [9.17, 15) is 0 Å². The van der Waals surface area contributed by atoms with Crippen LogP contribution in [0.3, 0.4) is 0 Å². The van der Waals surface area contributed by atoms with E-state index >= 15 is 0 Å². The average molecular weight is 181 g/mol. The third-order valence-electron chi connectivity index (χ3n) is 0. The summed E-state index contributed by atoms with van der Waals surface area (Å²) in [6.07, 6.45) is 0. The predicted octanol–water partition coefficient (Wildman–Crippen LogP) is -0.893. The zero-order valence-corrected chi connectivity index (χ0v) is 5.60. The van der Waals surface area contributed by atoms with Gasteiger partial charge in [0.1, 0.15) is 0 Å². The molecule has 0 heterocycles. The molecule has 0 unspecified atom stereocenters. The van der Waals surface area contributed by atoms with E-state index in [1.807, 2.05) is 0 Å². The van der Waals surface area contributed by atoms with Crippen LogP contribution >= 0.6 is 0 Å². The molecule has 8 heavy (non-hydrogen) atoms. The Hall–Kier alpha value is 0.0544. The minimum atomic E-state index is -4.67. The van der Waals surface area contributed by atoms with Crippen molar-refractivity contribution >= 4 is 10.4 Å². The quantitative estimate of drug-likeness (QED) is 0.469. The van der Waals surface area contributed by atoms with E-state index in [1.165, 1.54) is 0 Å². The Balaban J connectivity index is 0. The molecule has 0 aliphatic heterocycles. The van der Waals surface area contributed by atoms with E-state index in [4.69, 9.17) is 24.9 Å². The van der Waals surface area contributed by atoms with Gasteiger partial charge in [-0.2, -0.15) is 8.42 Å². The van der Waals surface area contributed by atoms with Gasteiger partial charge in [-0.3, -0.25) is 9.11 Å². The third kappa shape index (κ3) is 52200. The Kier molecular flexibility index (Phi) is 7.10. The zero-order chi connectivity index (χ0) is 7.21. The van der Waals surface area contributed by atoms with Gasteiger partial charge in [0, 0.05) is 0 Å². The molecule has 0 fully saturated rings. The first-order valence-electron chi connectivity index (χ1n) is 1.06. The van der Waals surface area contributed by atoms with E-state index in [0.717, 1.165) is 0 Å². The van der Waals surface area contributed by atoms with Gasteiger partial charge in [0.25, 0.3) is 0 Å². The Morgan fingerprint density at radius 3 is 1.12 bits per heavy atom. The van der Waals surface area contributed by atoms with Crippen molar-refractivity contribution in [2.75, 3.05) is 0 Å². The first-order chi connectivity index (χ1) is 3.41. The summed E-state index contributed by atoms with van der Waals surface area (Å²) < 4.78 is 48.5. The van der Waals surface area contributed by atoms with Gasteiger partial charge in [0.05, 0.1) is 0 Å². The Labute approximate surface area is 52.0 Å². The molecule has 0 saturated heterocycles. The fourth-order valence-corrected chi connectivity index (χ4v) is 0. The first kappa shape index (κ1) is 10.9. The Morgan fingerprint density at radius 1 is 1.12 bits per heavy atom. The van der Waals surface area contributed by atoms with E-state index in [2.05, 4.69) is 0 Å². The molecule has 0 aromatic rings. The molecule has 0 atom stereocenters. The maximum absolute atomic E-state index is 8.74. The fraction of sp³-hybridized carbons (Fsp3) is 0. The van der Waals surface area contributed by atoms with Crippen LogP contribution in [0.15, 0.2) is 0 Å². The van der Waals surface area contributed by atoms with Crippen LogP contribution in [0.25, 0.3) is 0 Å². The maximum atomic E-state index is 8.74. The van der Waals surface area contributed by atoms with Gasteiger partial charge in [0.2, 0.25) is 0 Å². The molecule has 2 N–H and O–H groups in total. The summed E-state index contributed by atoms with van der Waals surface area (Å²) in [5.41, 5.74) is 0. The molecule has 6 nitrogen and oxygen atoms in total. The SMILES string of the molecule is O=S(=O)(O)O.[O]=[V]=[O]. The van der Waals surface area contributed by atoms with Crippen LogP contribution in [0.2, 0.25) is 0 Å². The van der Waals surface area contributed by atoms with Gasteiger partial charge < -0.3 is 0 Å². The van der Waals surface area contributed by atoms with Crippen molar-refractivity contribution in [2.45, 2.75) is 0 Å². The summed E-state index contributed by atoms with van der Waals surface area (Å²) >= 11 is -1.81. The van der Waals surface area contributed by atoms with Crippen molar-refractivity contribution in [1.82, 2.24) is 0 Å². The molecule has 0 bridgehead atoms. The van der Waals surface area contributed by atoms with Crippen LogP contribution in [0.1, 0.15) is 0 Å². The van der Waals surface area contributed by atoms with Gasteiger partial charge in [-0.05, 0) is 0 Å². The van der Waals surface area contributed by atoms with E-state index < -0.39 is 26.6 Å². The second kappa shape index (κ2) is 5.20. The van der Waals surface area contributed by atoms with Crippen LogP contribution in [0.4, 0.5) is 0 Å². The average Bonchev–Trinajstić information content (AvgIpc) is 1.27. The van der Waals surface area contributed by atoms with Crippen LogP contribution in [0.5, 0.6) is 0 Å². The topological polar surface area (TPSA) is 109 Å². The summed E-state index contributed by atoms with van der Waals surface area (Å²) in [7, 11) is -4.67. The van der Waals surface area contributed by atoms with Gasteiger partial charge in [0.15, 0.2) is 0 Å². The van der Waals surface area contributed by atoms with Crippen LogP contribution in [-0.4, -0.2) is 17.5 Å². The molecule has 0 spiro atoms. The third-order valence-corrected chi connectivity index (χ3v) is 0. The van der Waals surface area contributed by atoms with Crippen LogP contribution < -0.4 is 0 Å². The predicted molar refractivity (Wildman–Crippen MR) is 15.6 cm³/mol. The molecule has 0 radical (unpaired) electrons. The standard InChI is InChI=1S/H2O4S.2O.V/c1-5(2,3)4;;;/h(H2,1,2,3,4);;;. The number of hydrogen-bond donors (Lipinski definition) is 2. The zero-order valence-electron chi connectivity index (χ0n) is 3.38. The van der Waals surface area contributed by atoms with Crippen LogP contribution in [0, 0.1) is 0 Å². The molecule has 0 aliphatic rings. The van der Waals surface area contributed by atoms with Gasteiger partial charge in [-0.1, -0.05) is 0 Å². The Bertz CT molecular complexity index is 149. The molecule has 0 aromatic carbocycles. The van der Waals surface area contributed by atoms with E-state index in [1.54, 1.807) is 0 Å². The van der Waals surface area contributed by atoms with Crippen molar-refractivity contribution in [3.05, 3.63) is 0 Å². The molecule has 0 saturated carbocycles. The number of rotatable bonds is 0. The minimum absolute atomic E-state index is 1.81. The summed E-state index contributed by atoms with van der Waals surface area (Å²) in [6.45, 7) is 0. The molecule has 0 aromatic heterocycles. The fourth-order valence-electron chi connectivity index (χ4n) is 0. The molecule has 49 valence electrons. The normalized spacial score (nSPS) is 8.25.